The maximum atomic E-state index is 5.95. The summed E-state index contributed by atoms with van der Waals surface area (Å²) in [6, 6.07) is 16.3. The summed E-state index contributed by atoms with van der Waals surface area (Å²) < 4.78 is 0. The number of benzene rings is 2. The molecule has 0 radical (unpaired) electrons. The molecule has 0 aromatic heterocycles. The van der Waals surface area contributed by atoms with Crippen LogP contribution in [-0.2, 0) is 0 Å². The molecule has 0 aliphatic carbocycles. The molecule has 0 amide bonds. The number of hydrogen-bond donors (Lipinski definition) is 1. The van der Waals surface area contributed by atoms with Crippen molar-refractivity contribution < 1.29 is 0 Å². The summed E-state index contributed by atoms with van der Waals surface area (Å²) >= 11 is 0. The Morgan fingerprint density at radius 2 is 1.76 bits per heavy atom. The smallest absolute Gasteiger partial charge is 0.0741 e. The van der Waals surface area contributed by atoms with Crippen molar-refractivity contribution in [3.8, 4) is 0 Å². The van der Waals surface area contributed by atoms with E-state index >= 15 is 0 Å². The van der Waals surface area contributed by atoms with Gasteiger partial charge in [-0.15, -0.1) is 24.8 Å². The molecule has 1 heterocycles. The molecule has 1 aliphatic heterocycles. The van der Waals surface area contributed by atoms with Crippen molar-refractivity contribution in [1.82, 2.24) is 0 Å². The van der Waals surface area contributed by atoms with Crippen molar-refractivity contribution in [1.29, 1.82) is 0 Å². The third-order valence-electron chi connectivity index (χ3n) is 3.44. The Bertz CT molecular complexity index is 627. The molecule has 0 saturated heterocycles. The van der Waals surface area contributed by atoms with Crippen LogP contribution in [0.5, 0.6) is 0 Å². The minimum Gasteiger partial charge on any atom is -0.399 e. The van der Waals surface area contributed by atoms with Gasteiger partial charge >= 0.3 is 0 Å². The second-order valence-corrected chi connectivity index (χ2v) is 4.79. The van der Waals surface area contributed by atoms with Gasteiger partial charge in [-0.25, -0.2) is 0 Å². The second kappa shape index (κ2) is 7.34. The average molecular weight is 324 g/mol. The molecule has 21 heavy (non-hydrogen) atoms. The van der Waals surface area contributed by atoms with Crippen molar-refractivity contribution in [2.24, 2.45) is 4.99 Å². The number of nitrogen functional groups attached to an aromatic ring is 1. The molecule has 3 rings (SSSR count). The molecule has 0 saturated carbocycles. The first kappa shape index (κ1) is 17.3. The van der Waals surface area contributed by atoms with Crippen LogP contribution in [0.3, 0.4) is 0 Å². The maximum absolute atomic E-state index is 5.95. The minimum absolute atomic E-state index is 0. The molecule has 0 atom stereocenters. The van der Waals surface area contributed by atoms with Gasteiger partial charge in [0.15, 0.2) is 0 Å². The van der Waals surface area contributed by atoms with Crippen LogP contribution in [0.15, 0.2) is 53.5 Å². The fourth-order valence-electron chi connectivity index (χ4n) is 2.44. The van der Waals surface area contributed by atoms with Gasteiger partial charge < -0.3 is 10.6 Å². The van der Waals surface area contributed by atoms with Crippen LogP contribution in [0.1, 0.15) is 11.1 Å². The molecule has 0 unspecified atom stereocenters. The zero-order chi connectivity index (χ0) is 13.2. The Hall–Kier alpha value is -1.71. The summed E-state index contributed by atoms with van der Waals surface area (Å²) in [4.78, 5) is 6.98. The number of aliphatic imine (C=N–C) groups is 1. The number of rotatable bonds is 1. The molecule has 2 aromatic carbocycles. The van der Waals surface area contributed by atoms with Gasteiger partial charge in [0.2, 0.25) is 0 Å². The van der Waals surface area contributed by atoms with Crippen LogP contribution in [0.4, 0.5) is 11.4 Å². The molecule has 0 spiro atoms. The predicted molar refractivity (Wildman–Crippen MR) is 95.6 cm³/mol. The summed E-state index contributed by atoms with van der Waals surface area (Å²) in [7, 11) is 2.10. The minimum atomic E-state index is 0. The molecule has 0 fully saturated rings. The average Bonchev–Trinajstić information content (AvgIpc) is 2.59. The Kier molecular flexibility index (Phi) is 6.06. The summed E-state index contributed by atoms with van der Waals surface area (Å²) in [5, 5.41) is 0. The topological polar surface area (TPSA) is 41.6 Å². The summed E-state index contributed by atoms with van der Waals surface area (Å²) in [5.41, 5.74) is 11.2. The zero-order valence-corrected chi connectivity index (χ0v) is 13.5. The van der Waals surface area contributed by atoms with Gasteiger partial charge in [-0.3, -0.25) is 4.99 Å². The van der Waals surface area contributed by atoms with Crippen molar-refractivity contribution in [2.75, 3.05) is 30.8 Å². The molecule has 112 valence electrons. The van der Waals surface area contributed by atoms with E-state index in [2.05, 4.69) is 30.1 Å². The van der Waals surface area contributed by atoms with Crippen LogP contribution in [-0.4, -0.2) is 25.8 Å². The van der Waals surface area contributed by atoms with Crippen LogP contribution >= 0.6 is 24.8 Å². The number of anilines is 2. The number of nitrogens with zero attached hydrogens (tertiary/aromatic N) is 2. The van der Waals surface area contributed by atoms with Gasteiger partial charge in [-0.2, -0.15) is 0 Å². The lowest BCUT2D eigenvalue weighted by atomic mass is 10.00. The SMILES string of the molecule is CN1CCN=C(c2ccccc2)c2cc(N)ccc21.Cl.Cl. The highest BCUT2D eigenvalue weighted by Gasteiger charge is 2.17. The molecule has 5 heteroatoms. The van der Waals surface area contributed by atoms with Gasteiger partial charge in [0.05, 0.1) is 12.3 Å². The van der Waals surface area contributed by atoms with E-state index in [-0.39, 0.29) is 24.8 Å². The number of likely N-dealkylation sites (N-methyl/N-ethyl adjacent to an activating group) is 1. The number of hydrogen-bond acceptors (Lipinski definition) is 3. The number of nitrogens with two attached hydrogens (primary N) is 1. The van der Waals surface area contributed by atoms with Crippen LogP contribution in [0.25, 0.3) is 0 Å². The summed E-state index contributed by atoms with van der Waals surface area (Å²) in [6.07, 6.45) is 0. The van der Waals surface area contributed by atoms with Crippen LogP contribution in [0, 0.1) is 0 Å². The Morgan fingerprint density at radius 1 is 1.05 bits per heavy atom. The lowest BCUT2D eigenvalue weighted by molar-refractivity contribution is 0.896. The zero-order valence-electron chi connectivity index (χ0n) is 11.8. The van der Waals surface area contributed by atoms with Crippen molar-refractivity contribution in [3.63, 3.8) is 0 Å². The van der Waals surface area contributed by atoms with Gasteiger partial charge in [-0.05, 0) is 18.2 Å². The highest BCUT2D eigenvalue weighted by molar-refractivity contribution is 6.16. The van der Waals surface area contributed by atoms with Gasteiger partial charge in [0.1, 0.15) is 0 Å². The summed E-state index contributed by atoms with van der Waals surface area (Å²) in [5.74, 6) is 0. The molecular weight excluding hydrogens is 305 g/mol. The van der Waals surface area contributed by atoms with E-state index in [4.69, 9.17) is 10.7 Å². The Balaban J connectivity index is 0.00000110. The van der Waals surface area contributed by atoms with E-state index in [9.17, 15) is 0 Å². The fraction of sp³-hybridized carbons (Fsp3) is 0.188. The Morgan fingerprint density at radius 3 is 2.48 bits per heavy atom. The van der Waals surface area contributed by atoms with Crippen LogP contribution < -0.4 is 10.6 Å². The molecule has 1 aliphatic rings. The lowest BCUT2D eigenvalue weighted by Gasteiger charge is -2.19. The molecule has 2 N–H and O–H groups in total. The monoisotopic (exact) mass is 323 g/mol. The largest absolute Gasteiger partial charge is 0.399 e. The van der Waals surface area contributed by atoms with E-state index in [0.29, 0.717) is 0 Å². The fourth-order valence-corrected chi connectivity index (χ4v) is 2.44. The molecule has 0 bridgehead atoms. The standard InChI is InChI=1S/C16H17N3.2ClH/c1-19-10-9-18-16(12-5-3-2-4-6-12)14-11-13(17)7-8-15(14)19;;/h2-8,11H,9-10,17H2,1H3;2*1H. The van der Waals surface area contributed by atoms with E-state index < -0.39 is 0 Å². The first-order chi connectivity index (χ1) is 9.25. The van der Waals surface area contributed by atoms with Gasteiger partial charge in [0, 0.05) is 36.1 Å². The van der Waals surface area contributed by atoms with Crippen molar-refractivity contribution in [3.05, 3.63) is 59.7 Å². The second-order valence-electron chi connectivity index (χ2n) is 4.79. The van der Waals surface area contributed by atoms with Gasteiger partial charge in [0.25, 0.3) is 0 Å². The number of fused-ring (bicyclic) bond motifs is 1. The van der Waals surface area contributed by atoms with E-state index in [1.54, 1.807) is 0 Å². The maximum Gasteiger partial charge on any atom is 0.0741 e. The molecule has 3 nitrogen and oxygen atoms in total. The third kappa shape index (κ3) is 3.49. The van der Waals surface area contributed by atoms with Crippen molar-refractivity contribution >= 4 is 41.9 Å². The van der Waals surface area contributed by atoms with Crippen molar-refractivity contribution in [2.45, 2.75) is 0 Å². The highest BCUT2D eigenvalue weighted by atomic mass is 35.5. The predicted octanol–water partition coefficient (Wildman–Crippen LogP) is 3.40. The number of benzodiazepines with no additional fused rings is 1. The Labute approximate surface area is 137 Å². The number of halogens is 2. The lowest BCUT2D eigenvalue weighted by Crippen LogP contribution is -2.20. The molecule has 2 aromatic rings. The van der Waals surface area contributed by atoms with E-state index in [1.807, 2.05) is 30.3 Å². The van der Waals surface area contributed by atoms with E-state index in [0.717, 1.165) is 35.6 Å². The highest BCUT2D eigenvalue weighted by Crippen LogP contribution is 2.27. The third-order valence-corrected chi connectivity index (χ3v) is 3.44. The normalized spacial score (nSPS) is 13.2. The quantitative estimate of drug-likeness (QED) is 0.817. The van der Waals surface area contributed by atoms with Gasteiger partial charge in [-0.1, -0.05) is 30.3 Å². The molecular formula is C16H19Cl2N3. The van der Waals surface area contributed by atoms with E-state index in [1.165, 1.54) is 5.69 Å². The first-order valence-corrected chi connectivity index (χ1v) is 6.46. The first-order valence-electron chi connectivity index (χ1n) is 6.46. The summed E-state index contributed by atoms with van der Waals surface area (Å²) in [6.45, 7) is 1.72. The van der Waals surface area contributed by atoms with Crippen LogP contribution in [0.2, 0.25) is 0 Å².